The van der Waals surface area contributed by atoms with Gasteiger partial charge in [0.25, 0.3) is 5.91 Å². The molecule has 1 atom stereocenters. The average molecular weight is 441 g/mol. The van der Waals surface area contributed by atoms with Gasteiger partial charge in [0.05, 0.1) is 25.1 Å². The molecule has 0 saturated carbocycles. The van der Waals surface area contributed by atoms with Gasteiger partial charge in [0.15, 0.2) is 0 Å². The van der Waals surface area contributed by atoms with E-state index in [-0.39, 0.29) is 17.9 Å². The minimum atomic E-state index is -0.798. The van der Waals surface area contributed by atoms with E-state index in [9.17, 15) is 9.90 Å². The summed E-state index contributed by atoms with van der Waals surface area (Å²) in [6.45, 7) is 0.126. The Morgan fingerprint density at radius 2 is 1.76 bits per heavy atom. The molecule has 0 fully saturated rings. The molecule has 4 N–H and O–H groups in total. The van der Waals surface area contributed by atoms with Gasteiger partial charge in [0.2, 0.25) is 0 Å². The Hall–Kier alpha value is -4.43. The number of nitrogen functional groups attached to an aromatic ring is 1. The summed E-state index contributed by atoms with van der Waals surface area (Å²) in [5.74, 6) is 1.03. The molecule has 0 radical (unpaired) electrons. The number of amides is 1. The summed E-state index contributed by atoms with van der Waals surface area (Å²) in [5.41, 5.74) is 10.2. The second-order valence-corrected chi connectivity index (χ2v) is 7.24. The van der Waals surface area contributed by atoms with E-state index in [4.69, 9.17) is 10.5 Å². The summed E-state index contributed by atoms with van der Waals surface area (Å²) < 4.78 is 7.19. The minimum absolute atomic E-state index is 0.126. The van der Waals surface area contributed by atoms with Crippen LogP contribution in [0, 0.1) is 0 Å². The molecule has 0 spiro atoms. The molecule has 0 saturated heterocycles. The van der Waals surface area contributed by atoms with Gasteiger partial charge in [-0.2, -0.15) is 10.2 Å². The third kappa shape index (κ3) is 5.63. The Kier molecular flexibility index (Phi) is 6.77. The van der Waals surface area contributed by atoms with Gasteiger partial charge in [-0.25, -0.2) is 10.1 Å². The van der Waals surface area contributed by atoms with Gasteiger partial charge >= 0.3 is 0 Å². The van der Waals surface area contributed by atoms with Crippen LogP contribution in [0.1, 0.15) is 27.6 Å². The molecule has 1 unspecified atom stereocenters. The first-order valence-corrected chi connectivity index (χ1v) is 10.3. The maximum atomic E-state index is 12.5. The number of ether oxygens (including phenoxy) is 1. The van der Waals surface area contributed by atoms with Crippen LogP contribution < -0.4 is 15.9 Å². The molecule has 0 aliphatic rings. The van der Waals surface area contributed by atoms with E-state index in [1.54, 1.807) is 6.07 Å². The first kappa shape index (κ1) is 21.8. The molecular formula is C25H23N5O3. The Bertz CT molecular complexity index is 1240. The zero-order chi connectivity index (χ0) is 23.0. The highest BCUT2D eigenvalue weighted by Crippen LogP contribution is 2.21. The van der Waals surface area contributed by atoms with E-state index < -0.39 is 12.0 Å². The van der Waals surface area contributed by atoms with E-state index in [2.05, 4.69) is 15.6 Å². The van der Waals surface area contributed by atoms with Crippen molar-refractivity contribution in [3.63, 3.8) is 0 Å². The number of carbonyl (C=O) groups is 1. The van der Waals surface area contributed by atoms with Crippen LogP contribution in [-0.4, -0.2) is 27.0 Å². The van der Waals surface area contributed by atoms with E-state index in [1.165, 1.54) is 17.1 Å². The molecule has 8 heteroatoms. The lowest BCUT2D eigenvalue weighted by molar-refractivity contribution is 0.0955. The molecule has 1 heterocycles. The molecule has 1 amide bonds. The van der Waals surface area contributed by atoms with Crippen molar-refractivity contribution < 1.29 is 14.6 Å². The third-order valence-electron chi connectivity index (χ3n) is 4.87. The highest BCUT2D eigenvalue weighted by molar-refractivity contribution is 5.98. The zero-order valence-corrected chi connectivity index (χ0v) is 17.7. The maximum Gasteiger partial charge on any atom is 0.276 e. The predicted molar refractivity (Wildman–Crippen MR) is 126 cm³/mol. The van der Waals surface area contributed by atoms with Crippen LogP contribution in [0.2, 0.25) is 0 Å². The van der Waals surface area contributed by atoms with Crippen LogP contribution in [0.25, 0.3) is 0 Å². The Morgan fingerprint density at radius 1 is 1.06 bits per heavy atom. The third-order valence-corrected chi connectivity index (χ3v) is 4.87. The summed E-state index contributed by atoms with van der Waals surface area (Å²) in [6, 6.07) is 25.9. The number of hydrazone groups is 1. The standard InChI is InChI=1S/C25H23N5O3/c26-24-22(16-28-30(24)17-23(31)19-9-3-1-4-10-19)25(32)29-27-15-18-8-7-13-21(14-18)33-20-11-5-2-6-12-20/h1-16,23,31H,17,26H2,(H,29,32)/b27-15+. The molecule has 4 rings (SSSR count). The topological polar surface area (TPSA) is 115 Å². The van der Waals surface area contributed by atoms with Crippen molar-refractivity contribution in [2.45, 2.75) is 12.6 Å². The van der Waals surface area contributed by atoms with Crippen LogP contribution >= 0.6 is 0 Å². The van der Waals surface area contributed by atoms with Gasteiger partial charge in [0, 0.05) is 0 Å². The van der Waals surface area contributed by atoms with Crippen molar-refractivity contribution in [2.24, 2.45) is 5.10 Å². The van der Waals surface area contributed by atoms with Crippen molar-refractivity contribution in [3.05, 3.63) is 108 Å². The van der Waals surface area contributed by atoms with Crippen molar-refractivity contribution in [2.75, 3.05) is 5.73 Å². The van der Waals surface area contributed by atoms with Gasteiger partial charge in [-0.3, -0.25) is 4.79 Å². The molecule has 0 aliphatic carbocycles. The van der Waals surface area contributed by atoms with Gasteiger partial charge in [-0.05, 0) is 35.4 Å². The summed E-state index contributed by atoms with van der Waals surface area (Å²) in [7, 11) is 0. The number of hydrogen-bond donors (Lipinski definition) is 3. The number of benzene rings is 3. The van der Waals surface area contributed by atoms with Gasteiger partial charge in [-0.15, -0.1) is 0 Å². The number of para-hydroxylation sites is 1. The predicted octanol–water partition coefficient (Wildman–Crippen LogP) is 3.76. The summed E-state index contributed by atoms with van der Waals surface area (Å²) >= 11 is 0. The lowest BCUT2D eigenvalue weighted by Gasteiger charge is -2.12. The Morgan fingerprint density at radius 3 is 2.52 bits per heavy atom. The number of nitrogens with two attached hydrogens (primary N) is 1. The lowest BCUT2D eigenvalue weighted by atomic mass is 10.1. The first-order chi connectivity index (χ1) is 16.1. The maximum absolute atomic E-state index is 12.5. The van der Waals surface area contributed by atoms with E-state index >= 15 is 0 Å². The number of hydrogen-bond acceptors (Lipinski definition) is 6. The number of nitrogens with zero attached hydrogens (tertiary/aromatic N) is 3. The Labute approximate surface area is 190 Å². The van der Waals surface area contributed by atoms with Crippen molar-refractivity contribution in [1.29, 1.82) is 0 Å². The largest absolute Gasteiger partial charge is 0.457 e. The summed E-state index contributed by atoms with van der Waals surface area (Å²) in [6.07, 6.45) is 2.06. The first-order valence-electron chi connectivity index (χ1n) is 10.3. The molecular weight excluding hydrogens is 418 g/mol. The van der Waals surface area contributed by atoms with Crippen molar-refractivity contribution in [3.8, 4) is 11.5 Å². The highest BCUT2D eigenvalue weighted by atomic mass is 16.5. The van der Waals surface area contributed by atoms with Crippen molar-refractivity contribution in [1.82, 2.24) is 15.2 Å². The molecule has 166 valence electrons. The monoisotopic (exact) mass is 441 g/mol. The average Bonchev–Trinajstić information content (AvgIpc) is 3.20. The molecule has 0 aliphatic heterocycles. The Balaban J connectivity index is 1.37. The van der Waals surface area contributed by atoms with Crippen LogP contribution in [0.15, 0.2) is 96.2 Å². The van der Waals surface area contributed by atoms with Crippen LogP contribution in [0.4, 0.5) is 5.82 Å². The summed E-state index contributed by atoms with van der Waals surface area (Å²) in [5, 5.41) is 18.5. The van der Waals surface area contributed by atoms with Crippen LogP contribution in [0.5, 0.6) is 11.5 Å². The molecule has 3 aromatic carbocycles. The van der Waals surface area contributed by atoms with Crippen LogP contribution in [-0.2, 0) is 6.54 Å². The quantitative estimate of drug-likeness (QED) is 0.285. The normalized spacial score (nSPS) is 11.9. The van der Waals surface area contributed by atoms with Crippen molar-refractivity contribution >= 4 is 17.9 Å². The number of nitrogens with one attached hydrogen (secondary N) is 1. The fourth-order valence-electron chi connectivity index (χ4n) is 3.17. The van der Waals surface area contributed by atoms with Gasteiger partial charge < -0.3 is 15.6 Å². The SMILES string of the molecule is Nc1c(C(=O)N/N=C/c2cccc(Oc3ccccc3)c2)cnn1CC(O)c1ccccc1. The molecule has 4 aromatic rings. The van der Waals surface area contributed by atoms with E-state index in [1.807, 2.05) is 78.9 Å². The number of anilines is 1. The minimum Gasteiger partial charge on any atom is -0.457 e. The second kappa shape index (κ2) is 10.3. The zero-order valence-electron chi connectivity index (χ0n) is 17.7. The molecule has 1 aromatic heterocycles. The fraction of sp³-hybridized carbons (Fsp3) is 0.0800. The number of aliphatic hydroxyl groups excluding tert-OH is 1. The number of aliphatic hydroxyl groups is 1. The fourth-order valence-corrected chi connectivity index (χ4v) is 3.17. The molecule has 0 bridgehead atoms. The van der Waals surface area contributed by atoms with Gasteiger partial charge in [0.1, 0.15) is 22.9 Å². The van der Waals surface area contributed by atoms with E-state index in [0.29, 0.717) is 5.75 Å². The molecule has 33 heavy (non-hydrogen) atoms. The molecule has 8 nitrogen and oxygen atoms in total. The number of carbonyl (C=O) groups excluding carboxylic acids is 1. The summed E-state index contributed by atoms with van der Waals surface area (Å²) in [4.78, 5) is 12.5. The number of rotatable bonds is 8. The van der Waals surface area contributed by atoms with Crippen LogP contribution in [0.3, 0.4) is 0 Å². The lowest BCUT2D eigenvalue weighted by Crippen LogP contribution is -2.19. The smallest absolute Gasteiger partial charge is 0.276 e. The second-order valence-electron chi connectivity index (χ2n) is 7.24. The van der Waals surface area contributed by atoms with Gasteiger partial charge in [-0.1, -0.05) is 60.7 Å². The number of aromatic nitrogens is 2. The highest BCUT2D eigenvalue weighted by Gasteiger charge is 2.17. The van der Waals surface area contributed by atoms with E-state index in [0.717, 1.165) is 16.9 Å².